The van der Waals surface area contributed by atoms with Gasteiger partial charge in [0, 0.05) is 0 Å². The SMILES string of the molecule is CC[C@@H](C)[C@@H]1NC(=O)[C@H]([C@H](C)CC)NC1=O. The summed E-state index contributed by atoms with van der Waals surface area (Å²) >= 11 is 0. The summed E-state index contributed by atoms with van der Waals surface area (Å²) in [5.74, 6) is 0.280. The third kappa shape index (κ3) is 2.54. The summed E-state index contributed by atoms with van der Waals surface area (Å²) in [4.78, 5) is 23.7. The number of hydrogen-bond donors (Lipinski definition) is 2. The fraction of sp³-hybridized carbons (Fsp3) is 0.833. The van der Waals surface area contributed by atoms with Gasteiger partial charge in [-0.1, -0.05) is 40.5 Å². The molecule has 2 N–H and O–H groups in total. The third-order valence-electron chi connectivity index (χ3n) is 3.59. The average Bonchev–Trinajstić information content (AvgIpc) is 2.29. The number of piperazine rings is 1. The molecule has 1 heterocycles. The van der Waals surface area contributed by atoms with E-state index in [1.807, 2.05) is 27.7 Å². The van der Waals surface area contributed by atoms with Crippen molar-refractivity contribution in [2.24, 2.45) is 11.8 Å². The maximum Gasteiger partial charge on any atom is 0.243 e. The minimum Gasteiger partial charge on any atom is -0.342 e. The van der Waals surface area contributed by atoms with Gasteiger partial charge < -0.3 is 10.6 Å². The number of hydrogen-bond acceptors (Lipinski definition) is 2. The lowest BCUT2D eigenvalue weighted by molar-refractivity contribution is -0.139. The van der Waals surface area contributed by atoms with E-state index >= 15 is 0 Å². The first-order valence-corrected chi connectivity index (χ1v) is 6.12. The Labute approximate surface area is 97.2 Å². The van der Waals surface area contributed by atoms with E-state index in [-0.39, 0.29) is 35.7 Å². The molecule has 0 spiro atoms. The zero-order valence-corrected chi connectivity index (χ0v) is 10.5. The molecule has 1 fully saturated rings. The monoisotopic (exact) mass is 226 g/mol. The van der Waals surface area contributed by atoms with Crippen LogP contribution in [0.2, 0.25) is 0 Å². The van der Waals surface area contributed by atoms with Gasteiger partial charge in [0.1, 0.15) is 12.1 Å². The minimum atomic E-state index is -0.363. The quantitative estimate of drug-likeness (QED) is 0.753. The number of nitrogens with one attached hydrogen (secondary N) is 2. The summed E-state index contributed by atoms with van der Waals surface area (Å²) in [5.41, 5.74) is 0. The second-order valence-electron chi connectivity index (χ2n) is 4.74. The molecule has 1 rings (SSSR count). The van der Waals surface area contributed by atoms with Crippen molar-refractivity contribution < 1.29 is 9.59 Å². The lowest BCUT2D eigenvalue weighted by Gasteiger charge is -2.34. The van der Waals surface area contributed by atoms with Gasteiger partial charge in [-0.15, -0.1) is 0 Å². The Morgan fingerprint density at radius 1 is 0.938 bits per heavy atom. The normalized spacial score (nSPS) is 29.2. The van der Waals surface area contributed by atoms with Gasteiger partial charge in [-0.25, -0.2) is 0 Å². The zero-order valence-electron chi connectivity index (χ0n) is 10.5. The second kappa shape index (κ2) is 5.32. The van der Waals surface area contributed by atoms with Crippen molar-refractivity contribution in [2.75, 3.05) is 0 Å². The van der Waals surface area contributed by atoms with Crippen LogP contribution in [0.1, 0.15) is 40.5 Å². The van der Waals surface area contributed by atoms with Gasteiger partial charge >= 0.3 is 0 Å². The van der Waals surface area contributed by atoms with Gasteiger partial charge in [0.05, 0.1) is 0 Å². The highest BCUT2D eigenvalue weighted by Crippen LogP contribution is 2.16. The van der Waals surface area contributed by atoms with Crippen LogP contribution in [-0.4, -0.2) is 23.9 Å². The van der Waals surface area contributed by atoms with Crippen LogP contribution in [0.5, 0.6) is 0 Å². The van der Waals surface area contributed by atoms with Crippen molar-refractivity contribution in [3.05, 3.63) is 0 Å². The van der Waals surface area contributed by atoms with Crippen LogP contribution in [-0.2, 0) is 9.59 Å². The molecular formula is C12H22N2O2. The van der Waals surface area contributed by atoms with Crippen LogP contribution in [0.4, 0.5) is 0 Å². The van der Waals surface area contributed by atoms with Crippen LogP contribution < -0.4 is 10.6 Å². The minimum absolute atomic E-state index is 0.0424. The molecule has 1 saturated heterocycles. The van der Waals surface area contributed by atoms with E-state index in [0.29, 0.717) is 0 Å². The molecule has 4 atom stereocenters. The predicted octanol–water partition coefficient (Wildman–Crippen LogP) is 1.06. The van der Waals surface area contributed by atoms with Gasteiger partial charge in [0.25, 0.3) is 0 Å². The summed E-state index contributed by atoms with van der Waals surface area (Å²) < 4.78 is 0. The molecular weight excluding hydrogens is 204 g/mol. The van der Waals surface area contributed by atoms with E-state index in [1.165, 1.54) is 0 Å². The van der Waals surface area contributed by atoms with Gasteiger partial charge in [-0.3, -0.25) is 9.59 Å². The molecule has 0 bridgehead atoms. The van der Waals surface area contributed by atoms with E-state index in [1.54, 1.807) is 0 Å². The molecule has 0 radical (unpaired) electrons. The average molecular weight is 226 g/mol. The largest absolute Gasteiger partial charge is 0.342 e. The van der Waals surface area contributed by atoms with Crippen molar-refractivity contribution in [2.45, 2.75) is 52.6 Å². The van der Waals surface area contributed by atoms with E-state index < -0.39 is 0 Å². The first kappa shape index (κ1) is 13.0. The van der Waals surface area contributed by atoms with E-state index in [4.69, 9.17) is 0 Å². The highest BCUT2D eigenvalue weighted by molar-refractivity contribution is 5.97. The van der Waals surface area contributed by atoms with Crippen LogP contribution in [0.15, 0.2) is 0 Å². The maximum absolute atomic E-state index is 11.8. The molecule has 0 aromatic rings. The maximum atomic E-state index is 11.8. The Morgan fingerprint density at radius 3 is 1.50 bits per heavy atom. The first-order valence-electron chi connectivity index (χ1n) is 6.12. The molecule has 0 aliphatic carbocycles. The first-order chi connectivity index (χ1) is 7.51. The lowest BCUT2D eigenvalue weighted by Crippen LogP contribution is -2.65. The Balaban J connectivity index is 2.71. The molecule has 16 heavy (non-hydrogen) atoms. The number of amides is 2. The van der Waals surface area contributed by atoms with E-state index in [0.717, 1.165) is 12.8 Å². The Bertz CT molecular complexity index is 250. The van der Waals surface area contributed by atoms with Crippen molar-refractivity contribution in [1.29, 1.82) is 0 Å². The van der Waals surface area contributed by atoms with Gasteiger partial charge in [0.15, 0.2) is 0 Å². The van der Waals surface area contributed by atoms with Gasteiger partial charge in [0.2, 0.25) is 11.8 Å². The van der Waals surface area contributed by atoms with Gasteiger partial charge in [-0.2, -0.15) is 0 Å². The van der Waals surface area contributed by atoms with Crippen LogP contribution in [0.3, 0.4) is 0 Å². The highest BCUT2D eigenvalue weighted by atomic mass is 16.2. The predicted molar refractivity (Wildman–Crippen MR) is 62.8 cm³/mol. The molecule has 0 aromatic heterocycles. The fourth-order valence-corrected chi connectivity index (χ4v) is 1.89. The van der Waals surface area contributed by atoms with E-state index in [2.05, 4.69) is 10.6 Å². The molecule has 1 aliphatic heterocycles. The summed E-state index contributed by atoms with van der Waals surface area (Å²) in [7, 11) is 0. The Morgan fingerprint density at radius 2 is 1.25 bits per heavy atom. The standard InChI is InChI=1S/C12H22N2O2/c1-5-7(3)9-11(15)14-10(8(4)6-2)12(16)13-9/h7-10H,5-6H2,1-4H3,(H,13,16)(H,14,15)/t7-,8-,9+,10+/m1/s1. The molecule has 92 valence electrons. The second-order valence-corrected chi connectivity index (χ2v) is 4.74. The smallest absolute Gasteiger partial charge is 0.243 e. The fourth-order valence-electron chi connectivity index (χ4n) is 1.89. The molecule has 4 nitrogen and oxygen atoms in total. The summed E-state index contributed by atoms with van der Waals surface area (Å²) in [6, 6.07) is -0.726. The molecule has 1 aliphatic rings. The molecule has 4 heteroatoms. The Kier molecular flexibility index (Phi) is 4.33. The summed E-state index contributed by atoms with van der Waals surface area (Å²) in [5, 5.41) is 5.66. The van der Waals surface area contributed by atoms with Crippen molar-refractivity contribution in [3.63, 3.8) is 0 Å². The van der Waals surface area contributed by atoms with E-state index in [9.17, 15) is 9.59 Å². The van der Waals surface area contributed by atoms with Crippen molar-refractivity contribution in [3.8, 4) is 0 Å². The lowest BCUT2D eigenvalue weighted by atomic mass is 9.91. The van der Waals surface area contributed by atoms with Crippen molar-refractivity contribution in [1.82, 2.24) is 10.6 Å². The topological polar surface area (TPSA) is 58.2 Å². The van der Waals surface area contributed by atoms with Crippen LogP contribution >= 0.6 is 0 Å². The molecule has 0 saturated carbocycles. The highest BCUT2D eigenvalue weighted by Gasteiger charge is 2.37. The van der Waals surface area contributed by atoms with Crippen LogP contribution in [0, 0.1) is 11.8 Å². The number of carbonyl (C=O) groups excluding carboxylic acids is 2. The zero-order chi connectivity index (χ0) is 12.3. The molecule has 2 amide bonds. The Hall–Kier alpha value is -1.06. The third-order valence-corrected chi connectivity index (χ3v) is 3.59. The summed E-state index contributed by atoms with van der Waals surface area (Å²) in [6.45, 7) is 8.00. The number of carbonyl (C=O) groups is 2. The van der Waals surface area contributed by atoms with Crippen LogP contribution in [0.25, 0.3) is 0 Å². The molecule has 0 aromatic carbocycles. The number of rotatable bonds is 4. The summed E-state index contributed by atoms with van der Waals surface area (Å²) in [6.07, 6.45) is 1.76. The van der Waals surface area contributed by atoms with Crippen molar-refractivity contribution >= 4 is 11.8 Å². The molecule has 0 unspecified atom stereocenters. The van der Waals surface area contributed by atoms with Gasteiger partial charge in [-0.05, 0) is 11.8 Å².